The molecule has 0 bridgehead atoms. The molecule has 1 aliphatic heterocycles. The molecule has 0 saturated carbocycles. The van der Waals surface area contributed by atoms with Crippen molar-refractivity contribution in [1.29, 1.82) is 0 Å². The first-order valence-electron chi connectivity index (χ1n) is 8.09. The molecule has 24 heavy (non-hydrogen) atoms. The van der Waals surface area contributed by atoms with Crippen molar-refractivity contribution in [3.63, 3.8) is 0 Å². The molecular formula is C18H20F3NO2. The van der Waals surface area contributed by atoms with Crippen molar-refractivity contribution >= 4 is 0 Å². The molecule has 0 amide bonds. The zero-order valence-corrected chi connectivity index (χ0v) is 13.3. The van der Waals surface area contributed by atoms with Crippen molar-refractivity contribution in [1.82, 2.24) is 4.90 Å². The lowest BCUT2D eigenvalue weighted by Crippen LogP contribution is -2.36. The number of rotatable bonds is 5. The highest BCUT2D eigenvalue weighted by Crippen LogP contribution is 2.32. The van der Waals surface area contributed by atoms with Crippen molar-refractivity contribution in [3.05, 3.63) is 47.7 Å². The van der Waals surface area contributed by atoms with Crippen LogP contribution in [0.25, 0.3) is 11.3 Å². The van der Waals surface area contributed by atoms with Crippen LogP contribution in [0.3, 0.4) is 0 Å². The molecule has 130 valence electrons. The number of furan rings is 1. The Morgan fingerprint density at radius 1 is 1.04 bits per heavy atom. The third kappa shape index (κ3) is 4.39. The molecule has 0 N–H and O–H groups in total. The van der Waals surface area contributed by atoms with Gasteiger partial charge in [0.05, 0.1) is 18.8 Å². The van der Waals surface area contributed by atoms with E-state index in [0.29, 0.717) is 11.3 Å². The first-order chi connectivity index (χ1) is 11.5. The smallest absolute Gasteiger partial charge is 0.416 e. The third-order valence-electron chi connectivity index (χ3n) is 4.14. The molecule has 0 unspecified atom stereocenters. The summed E-state index contributed by atoms with van der Waals surface area (Å²) >= 11 is 0. The van der Waals surface area contributed by atoms with Crippen LogP contribution in [0.2, 0.25) is 0 Å². The van der Waals surface area contributed by atoms with Gasteiger partial charge < -0.3 is 9.15 Å². The number of nitrogens with zero attached hydrogens (tertiary/aromatic N) is 1. The maximum absolute atomic E-state index is 12.8. The van der Waals surface area contributed by atoms with Crippen LogP contribution in [-0.4, -0.2) is 37.7 Å². The van der Waals surface area contributed by atoms with Crippen molar-refractivity contribution in [2.24, 2.45) is 0 Å². The molecular weight excluding hydrogens is 319 g/mol. The summed E-state index contributed by atoms with van der Waals surface area (Å²) in [6, 6.07) is 8.80. The van der Waals surface area contributed by atoms with Crippen molar-refractivity contribution in [2.75, 3.05) is 32.8 Å². The summed E-state index contributed by atoms with van der Waals surface area (Å²) < 4.78 is 49.4. The highest BCUT2D eigenvalue weighted by molar-refractivity contribution is 5.58. The molecule has 3 nitrogen and oxygen atoms in total. The quantitative estimate of drug-likeness (QED) is 0.815. The van der Waals surface area contributed by atoms with Gasteiger partial charge in [0.2, 0.25) is 0 Å². The molecule has 0 radical (unpaired) electrons. The largest absolute Gasteiger partial charge is 0.461 e. The number of halogens is 3. The standard InChI is InChI=1S/C18H20F3NO2/c19-18(20,21)15-4-1-3-14(13-15)17-7-6-16(24-17)5-2-8-22-9-11-23-12-10-22/h1,3-4,6-7,13H,2,5,8-12H2. The van der Waals surface area contributed by atoms with Gasteiger partial charge in [-0.1, -0.05) is 12.1 Å². The highest BCUT2D eigenvalue weighted by Gasteiger charge is 2.30. The molecule has 0 atom stereocenters. The van der Waals surface area contributed by atoms with E-state index < -0.39 is 11.7 Å². The number of hydrogen-bond acceptors (Lipinski definition) is 3. The van der Waals surface area contributed by atoms with Gasteiger partial charge in [-0.25, -0.2) is 0 Å². The van der Waals surface area contributed by atoms with Crippen LogP contribution in [0, 0.1) is 0 Å². The molecule has 1 fully saturated rings. The van der Waals surface area contributed by atoms with E-state index in [1.165, 1.54) is 6.07 Å². The lowest BCUT2D eigenvalue weighted by atomic mass is 10.1. The second-order valence-corrected chi connectivity index (χ2v) is 5.90. The molecule has 3 rings (SSSR count). The maximum Gasteiger partial charge on any atom is 0.416 e. The molecule has 2 aromatic rings. The van der Waals surface area contributed by atoms with E-state index in [9.17, 15) is 13.2 Å². The topological polar surface area (TPSA) is 25.6 Å². The average Bonchev–Trinajstić information content (AvgIpc) is 3.04. The van der Waals surface area contributed by atoms with Gasteiger partial charge in [0.15, 0.2) is 0 Å². The average molecular weight is 339 g/mol. The zero-order chi connectivity index (χ0) is 17.0. The number of aryl methyl sites for hydroxylation is 1. The van der Waals surface area contributed by atoms with Crippen LogP contribution in [0.4, 0.5) is 13.2 Å². The van der Waals surface area contributed by atoms with E-state index in [1.807, 2.05) is 6.07 Å². The maximum atomic E-state index is 12.8. The molecule has 1 aliphatic rings. The minimum atomic E-state index is -4.34. The van der Waals surface area contributed by atoms with E-state index in [1.54, 1.807) is 12.1 Å². The fourth-order valence-corrected chi connectivity index (χ4v) is 2.82. The predicted molar refractivity (Wildman–Crippen MR) is 84.7 cm³/mol. The van der Waals surface area contributed by atoms with Gasteiger partial charge in [-0.05, 0) is 37.2 Å². The number of benzene rings is 1. The first-order valence-corrected chi connectivity index (χ1v) is 8.09. The minimum absolute atomic E-state index is 0.448. The van der Waals surface area contributed by atoms with Crippen molar-refractivity contribution in [3.8, 4) is 11.3 Å². The molecule has 2 heterocycles. The molecule has 1 aromatic heterocycles. The number of morpholine rings is 1. The molecule has 1 aromatic carbocycles. The van der Waals surface area contributed by atoms with Crippen LogP contribution in [0.15, 0.2) is 40.8 Å². The van der Waals surface area contributed by atoms with E-state index in [0.717, 1.165) is 63.6 Å². The summed E-state index contributed by atoms with van der Waals surface area (Å²) in [5, 5.41) is 0. The number of hydrogen-bond donors (Lipinski definition) is 0. The predicted octanol–water partition coefficient (Wildman–Crippen LogP) is 4.23. The van der Waals surface area contributed by atoms with Gasteiger partial charge in [-0.3, -0.25) is 4.90 Å². The minimum Gasteiger partial charge on any atom is -0.461 e. The second kappa shape index (κ2) is 7.40. The normalized spacial score (nSPS) is 16.5. The summed E-state index contributed by atoms with van der Waals surface area (Å²) in [6.07, 6.45) is -2.62. The zero-order valence-electron chi connectivity index (χ0n) is 13.3. The fraction of sp³-hybridized carbons (Fsp3) is 0.444. The Labute approximate surface area is 139 Å². The van der Waals surface area contributed by atoms with Gasteiger partial charge in [-0.15, -0.1) is 0 Å². The van der Waals surface area contributed by atoms with Crippen LogP contribution in [-0.2, 0) is 17.3 Å². The Balaban J connectivity index is 1.59. The molecule has 0 aliphatic carbocycles. The Kier molecular flexibility index (Phi) is 5.26. The van der Waals surface area contributed by atoms with Gasteiger partial charge in [0.1, 0.15) is 11.5 Å². The SMILES string of the molecule is FC(F)(F)c1cccc(-c2ccc(CCCN3CCOCC3)o2)c1. The Hall–Kier alpha value is -1.79. The monoisotopic (exact) mass is 339 g/mol. The molecule has 0 spiro atoms. The van der Waals surface area contributed by atoms with Gasteiger partial charge >= 0.3 is 6.18 Å². The summed E-state index contributed by atoms with van der Waals surface area (Å²) in [7, 11) is 0. The van der Waals surface area contributed by atoms with Crippen LogP contribution >= 0.6 is 0 Å². The summed E-state index contributed by atoms with van der Waals surface area (Å²) in [5.74, 6) is 1.28. The van der Waals surface area contributed by atoms with E-state index >= 15 is 0 Å². The van der Waals surface area contributed by atoms with Gasteiger partial charge in [0.25, 0.3) is 0 Å². The van der Waals surface area contributed by atoms with Crippen LogP contribution in [0.1, 0.15) is 17.7 Å². The first kappa shape index (κ1) is 17.0. The fourth-order valence-electron chi connectivity index (χ4n) is 2.82. The number of alkyl halides is 3. The third-order valence-corrected chi connectivity index (χ3v) is 4.14. The van der Waals surface area contributed by atoms with Gasteiger partial charge in [-0.2, -0.15) is 13.2 Å². The van der Waals surface area contributed by atoms with Crippen molar-refractivity contribution < 1.29 is 22.3 Å². The lowest BCUT2D eigenvalue weighted by Gasteiger charge is -2.26. The lowest BCUT2D eigenvalue weighted by molar-refractivity contribution is -0.137. The molecule has 6 heteroatoms. The van der Waals surface area contributed by atoms with E-state index in [-0.39, 0.29) is 0 Å². The highest BCUT2D eigenvalue weighted by atomic mass is 19.4. The Morgan fingerprint density at radius 2 is 1.83 bits per heavy atom. The molecule has 1 saturated heterocycles. The second-order valence-electron chi connectivity index (χ2n) is 5.90. The summed E-state index contributed by atoms with van der Waals surface area (Å²) in [4.78, 5) is 2.35. The van der Waals surface area contributed by atoms with Crippen LogP contribution in [0.5, 0.6) is 0 Å². The van der Waals surface area contributed by atoms with Crippen LogP contribution < -0.4 is 0 Å². The van der Waals surface area contributed by atoms with E-state index in [2.05, 4.69) is 4.90 Å². The summed E-state index contributed by atoms with van der Waals surface area (Å²) in [6.45, 7) is 4.44. The van der Waals surface area contributed by atoms with Gasteiger partial charge in [0, 0.05) is 25.1 Å². The van der Waals surface area contributed by atoms with Crippen molar-refractivity contribution in [2.45, 2.75) is 19.0 Å². The Bertz CT molecular complexity index is 660. The summed E-state index contributed by atoms with van der Waals surface area (Å²) in [5.41, 5.74) is -0.213. The van der Waals surface area contributed by atoms with E-state index in [4.69, 9.17) is 9.15 Å². The Morgan fingerprint density at radius 3 is 2.58 bits per heavy atom. The number of ether oxygens (including phenoxy) is 1.